The van der Waals surface area contributed by atoms with Gasteiger partial charge in [-0.2, -0.15) is 0 Å². The van der Waals surface area contributed by atoms with Crippen molar-refractivity contribution in [3.8, 4) is 0 Å². The average molecular weight is 160 g/mol. The minimum atomic E-state index is 1.17. The summed E-state index contributed by atoms with van der Waals surface area (Å²) >= 11 is 0. The molecule has 0 radical (unpaired) electrons. The van der Waals surface area contributed by atoms with E-state index in [2.05, 4.69) is 32.9 Å². The van der Waals surface area contributed by atoms with Crippen molar-refractivity contribution in [2.45, 2.75) is 0 Å². The molecule has 0 heterocycles. The molecule has 64 valence electrons. The van der Waals surface area contributed by atoms with Crippen LogP contribution < -0.4 is 0 Å². The van der Waals surface area contributed by atoms with E-state index in [1.54, 1.807) is 0 Å². The summed E-state index contributed by atoms with van der Waals surface area (Å²) in [4.78, 5) is 0. The second-order valence-corrected chi connectivity index (χ2v) is 1.61. The van der Waals surface area contributed by atoms with Crippen LogP contribution in [0.1, 0.15) is 5.56 Å². The van der Waals surface area contributed by atoms with Gasteiger partial charge in [-0.3, -0.25) is 0 Å². The lowest BCUT2D eigenvalue weighted by atomic mass is 10.2. The van der Waals surface area contributed by atoms with Crippen molar-refractivity contribution >= 4 is 6.08 Å². The minimum absolute atomic E-state index is 1.17. The standard InChI is InChI=1S/C8H8.2C2H4/c1-2-8-6-4-3-5-7-8;2*1-2/h2-7H,1H2;2*1-2H2. The Morgan fingerprint density at radius 3 is 1.50 bits per heavy atom. The summed E-state index contributed by atoms with van der Waals surface area (Å²) in [7, 11) is 0. The van der Waals surface area contributed by atoms with E-state index in [9.17, 15) is 0 Å². The number of hydrogen-bond acceptors (Lipinski definition) is 0. The van der Waals surface area contributed by atoms with Crippen LogP contribution in [0.2, 0.25) is 0 Å². The third-order valence-corrected chi connectivity index (χ3v) is 1.04. The second-order valence-electron chi connectivity index (χ2n) is 1.61. The highest BCUT2D eigenvalue weighted by Gasteiger charge is 1.75. The number of benzene rings is 1. The Morgan fingerprint density at radius 2 is 1.25 bits per heavy atom. The van der Waals surface area contributed by atoms with Crippen LogP contribution in [-0.4, -0.2) is 0 Å². The van der Waals surface area contributed by atoms with Gasteiger partial charge in [0.25, 0.3) is 0 Å². The molecular weight excluding hydrogens is 144 g/mol. The minimum Gasteiger partial charge on any atom is -0.106 e. The maximum atomic E-state index is 3.63. The molecule has 0 aliphatic rings. The van der Waals surface area contributed by atoms with Crippen LogP contribution in [0.4, 0.5) is 0 Å². The van der Waals surface area contributed by atoms with E-state index < -0.39 is 0 Å². The molecule has 0 aliphatic heterocycles. The fourth-order valence-electron chi connectivity index (χ4n) is 0.589. The van der Waals surface area contributed by atoms with Gasteiger partial charge in [-0.1, -0.05) is 43.0 Å². The van der Waals surface area contributed by atoms with Crippen LogP contribution >= 0.6 is 0 Å². The lowest BCUT2D eigenvalue weighted by Gasteiger charge is -1.85. The van der Waals surface area contributed by atoms with E-state index in [0.29, 0.717) is 0 Å². The zero-order valence-electron chi connectivity index (χ0n) is 7.50. The largest absolute Gasteiger partial charge is 0.106 e. The monoisotopic (exact) mass is 160 g/mol. The van der Waals surface area contributed by atoms with Crippen LogP contribution in [-0.2, 0) is 0 Å². The topological polar surface area (TPSA) is 0 Å². The molecule has 0 fully saturated rings. The molecule has 0 saturated carbocycles. The SMILES string of the molecule is C=C.C=C.C=Cc1ccccc1. The van der Waals surface area contributed by atoms with Crippen LogP contribution in [0, 0.1) is 0 Å². The highest BCUT2D eigenvalue weighted by atomic mass is 13.8. The van der Waals surface area contributed by atoms with Crippen molar-refractivity contribution in [3.63, 3.8) is 0 Å². The highest BCUT2D eigenvalue weighted by molar-refractivity contribution is 5.45. The molecule has 0 unspecified atom stereocenters. The summed E-state index contributed by atoms with van der Waals surface area (Å²) in [6, 6.07) is 10.0. The molecular formula is C12H16. The Kier molecular flexibility index (Phi) is 13.2. The Morgan fingerprint density at radius 1 is 0.833 bits per heavy atom. The molecule has 0 amide bonds. The van der Waals surface area contributed by atoms with Crippen LogP contribution in [0.3, 0.4) is 0 Å². The van der Waals surface area contributed by atoms with Gasteiger partial charge in [0.1, 0.15) is 0 Å². The van der Waals surface area contributed by atoms with Crippen molar-refractivity contribution in [2.75, 3.05) is 0 Å². The van der Waals surface area contributed by atoms with E-state index in [4.69, 9.17) is 0 Å². The van der Waals surface area contributed by atoms with Crippen molar-refractivity contribution < 1.29 is 0 Å². The molecule has 0 nitrogen and oxygen atoms in total. The van der Waals surface area contributed by atoms with Crippen molar-refractivity contribution in [1.29, 1.82) is 0 Å². The van der Waals surface area contributed by atoms with E-state index >= 15 is 0 Å². The molecule has 1 aromatic carbocycles. The van der Waals surface area contributed by atoms with Gasteiger partial charge < -0.3 is 0 Å². The van der Waals surface area contributed by atoms with Crippen molar-refractivity contribution in [1.82, 2.24) is 0 Å². The first-order valence-corrected chi connectivity index (χ1v) is 3.61. The normalized spacial score (nSPS) is 6.33. The molecule has 0 atom stereocenters. The Hall–Kier alpha value is -1.56. The lowest BCUT2D eigenvalue weighted by Crippen LogP contribution is -1.63. The molecule has 0 spiro atoms. The van der Waals surface area contributed by atoms with Gasteiger partial charge in [-0.05, 0) is 5.56 Å². The van der Waals surface area contributed by atoms with Crippen molar-refractivity contribution in [3.05, 3.63) is 68.8 Å². The van der Waals surface area contributed by atoms with Crippen LogP contribution in [0.5, 0.6) is 0 Å². The summed E-state index contributed by atoms with van der Waals surface area (Å²) in [6.07, 6.45) is 1.83. The molecule has 0 aromatic heterocycles. The van der Waals surface area contributed by atoms with Crippen LogP contribution in [0.15, 0.2) is 63.2 Å². The second kappa shape index (κ2) is 12.1. The molecule has 0 aliphatic carbocycles. The van der Waals surface area contributed by atoms with Crippen molar-refractivity contribution in [2.24, 2.45) is 0 Å². The van der Waals surface area contributed by atoms with Crippen LogP contribution in [0.25, 0.3) is 6.08 Å². The highest BCUT2D eigenvalue weighted by Crippen LogP contribution is 1.97. The van der Waals surface area contributed by atoms with E-state index in [1.807, 2.05) is 36.4 Å². The van der Waals surface area contributed by atoms with E-state index in [-0.39, 0.29) is 0 Å². The van der Waals surface area contributed by atoms with Gasteiger partial charge in [0.15, 0.2) is 0 Å². The number of hydrogen-bond donors (Lipinski definition) is 0. The smallest absolute Gasteiger partial charge is 0.0263 e. The first-order chi connectivity index (χ1) is 5.93. The molecule has 0 bridgehead atoms. The summed E-state index contributed by atoms with van der Waals surface area (Å²) in [6.45, 7) is 15.6. The molecule has 0 saturated heterocycles. The summed E-state index contributed by atoms with van der Waals surface area (Å²) in [5.74, 6) is 0. The Balaban J connectivity index is 0. The molecule has 1 rings (SSSR count). The molecule has 12 heavy (non-hydrogen) atoms. The van der Waals surface area contributed by atoms with E-state index in [0.717, 1.165) is 0 Å². The Bertz CT molecular complexity index is 184. The summed E-state index contributed by atoms with van der Waals surface area (Å²) in [5, 5.41) is 0. The van der Waals surface area contributed by atoms with Gasteiger partial charge in [0, 0.05) is 0 Å². The third-order valence-electron chi connectivity index (χ3n) is 1.04. The Labute approximate surface area is 75.6 Å². The first-order valence-electron chi connectivity index (χ1n) is 3.61. The molecule has 0 N–H and O–H groups in total. The third kappa shape index (κ3) is 6.56. The first kappa shape index (κ1) is 13.1. The average Bonchev–Trinajstić information content (AvgIpc) is 2.25. The maximum absolute atomic E-state index is 3.63. The van der Waals surface area contributed by atoms with Gasteiger partial charge in [0.2, 0.25) is 0 Å². The fourth-order valence-corrected chi connectivity index (χ4v) is 0.589. The van der Waals surface area contributed by atoms with Gasteiger partial charge in [0.05, 0.1) is 0 Å². The van der Waals surface area contributed by atoms with Gasteiger partial charge >= 0.3 is 0 Å². The molecule has 1 aromatic rings. The zero-order chi connectivity index (χ0) is 9.82. The van der Waals surface area contributed by atoms with Gasteiger partial charge in [-0.25, -0.2) is 0 Å². The predicted molar refractivity (Wildman–Crippen MR) is 59.0 cm³/mol. The lowest BCUT2D eigenvalue weighted by molar-refractivity contribution is 1.67. The summed E-state index contributed by atoms with van der Waals surface area (Å²) in [5.41, 5.74) is 1.17. The quantitative estimate of drug-likeness (QED) is 0.546. The molecule has 0 heteroatoms. The maximum Gasteiger partial charge on any atom is -0.0263 e. The van der Waals surface area contributed by atoms with E-state index in [1.165, 1.54) is 5.56 Å². The summed E-state index contributed by atoms with van der Waals surface area (Å²) < 4.78 is 0. The number of rotatable bonds is 1. The van der Waals surface area contributed by atoms with Gasteiger partial charge in [-0.15, -0.1) is 26.3 Å². The predicted octanol–water partition coefficient (Wildman–Crippen LogP) is 3.93. The fraction of sp³-hybridized carbons (Fsp3) is 0. The zero-order valence-corrected chi connectivity index (χ0v) is 7.50.